The summed E-state index contributed by atoms with van der Waals surface area (Å²) in [5.74, 6) is -0.157. The van der Waals surface area contributed by atoms with Crippen LogP contribution in [0.25, 0.3) is 0 Å². The molecule has 1 rings (SSSR count). The van der Waals surface area contributed by atoms with Crippen LogP contribution in [0.5, 0.6) is 0 Å². The van der Waals surface area contributed by atoms with Crippen molar-refractivity contribution in [2.45, 2.75) is 26.2 Å². The molecule has 1 heterocycles. The van der Waals surface area contributed by atoms with Crippen LogP contribution in [0.15, 0.2) is 12.7 Å². The lowest BCUT2D eigenvalue weighted by Crippen LogP contribution is -2.48. The Balaban J connectivity index is 2.85. The number of nitrogens with zero attached hydrogens (tertiary/aromatic N) is 1. The fourth-order valence-corrected chi connectivity index (χ4v) is 1.68. The van der Waals surface area contributed by atoms with Crippen LogP contribution < -0.4 is 0 Å². The molecule has 0 bridgehead atoms. The molecule has 3 nitrogen and oxygen atoms in total. The molecule has 1 aliphatic heterocycles. The van der Waals surface area contributed by atoms with E-state index < -0.39 is 5.41 Å². The molecule has 1 saturated heterocycles. The highest BCUT2D eigenvalue weighted by Crippen LogP contribution is 2.34. The van der Waals surface area contributed by atoms with Crippen LogP contribution in [0.4, 0.5) is 0 Å². The van der Waals surface area contributed by atoms with Gasteiger partial charge in [0.05, 0.1) is 5.41 Å². The van der Waals surface area contributed by atoms with Gasteiger partial charge in [0.25, 0.3) is 0 Å². The van der Waals surface area contributed by atoms with Crippen LogP contribution in [-0.2, 0) is 9.59 Å². The molecule has 1 atom stereocenters. The second-order valence-electron chi connectivity index (χ2n) is 3.81. The van der Waals surface area contributed by atoms with Crippen molar-refractivity contribution in [1.82, 2.24) is 4.90 Å². The van der Waals surface area contributed by atoms with Crippen molar-refractivity contribution in [1.29, 1.82) is 0 Å². The van der Waals surface area contributed by atoms with E-state index in [0.717, 1.165) is 0 Å². The maximum atomic E-state index is 11.7. The minimum absolute atomic E-state index is 0.0773. The van der Waals surface area contributed by atoms with Crippen LogP contribution in [0.3, 0.4) is 0 Å². The molecule has 0 radical (unpaired) electrons. The summed E-state index contributed by atoms with van der Waals surface area (Å²) >= 11 is 0. The van der Waals surface area contributed by atoms with Crippen molar-refractivity contribution in [3.8, 4) is 0 Å². The van der Waals surface area contributed by atoms with Gasteiger partial charge in [-0.1, -0.05) is 13.0 Å². The monoisotopic (exact) mass is 181 g/mol. The van der Waals surface area contributed by atoms with Gasteiger partial charge >= 0.3 is 0 Å². The number of hydrogen-bond donors (Lipinski definition) is 0. The number of imide groups is 1. The Kier molecular flexibility index (Phi) is 2.55. The van der Waals surface area contributed by atoms with Gasteiger partial charge in [0, 0.05) is 13.5 Å². The van der Waals surface area contributed by atoms with Gasteiger partial charge in [-0.05, 0) is 12.8 Å². The van der Waals surface area contributed by atoms with Crippen LogP contribution >= 0.6 is 0 Å². The van der Waals surface area contributed by atoms with Crippen molar-refractivity contribution < 1.29 is 9.59 Å². The van der Waals surface area contributed by atoms with E-state index >= 15 is 0 Å². The lowest BCUT2D eigenvalue weighted by atomic mass is 9.78. The molecule has 13 heavy (non-hydrogen) atoms. The molecular formula is C10H15NO2. The Hall–Kier alpha value is -1.12. The molecule has 0 N–H and O–H groups in total. The third kappa shape index (κ3) is 1.64. The van der Waals surface area contributed by atoms with Gasteiger partial charge < -0.3 is 0 Å². The summed E-state index contributed by atoms with van der Waals surface area (Å²) in [5, 5.41) is 0. The molecule has 0 aromatic carbocycles. The Labute approximate surface area is 78.4 Å². The summed E-state index contributed by atoms with van der Waals surface area (Å²) in [6, 6.07) is 0. The Bertz CT molecular complexity index is 260. The molecule has 3 heteroatoms. The van der Waals surface area contributed by atoms with Gasteiger partial charge in [-0.25, -0.2) is 0 Å². The number of rotatable bonds is 2. The summed E-state index contributed by atoms with van der Waals surface area (Å²) in [4.78, 5) is 24.1. The normalized spacial score (nSPS) is 29.2. The first-order valence-electron chi connectivity index (χ1n) is 4.43. The van der Waals surface area contributed by atoms with E-state index in [0.29, 0.717) is 19.3 Å². The van der Waals surface area contributed by atoms with E-state index in [9.17, 15) is 9.59 Å². The maximum absolute atomic E-state index is 11.7. The molecule has 1 aliphatic rings. The van der Waals surface area contributed by atoms with Crippen LogP contribution in [0, 0.1) is 5.41 Å². The van der Waals surface area contributed by atoms with Crippen molar-refractivity contribution in [2.24, 2.45) is 5.41 Å². The molecule has 1 fully saturated rings. The van der Waals surface area contributed by atoms with Gasteiger partial charge in [-0.2, -0.15) is 0 Å². The summed E-state index contributed by atoms with van der Waals surface area (Å²) < 4.78 is 0. The standard InChI is InChI=1S/C10H15NO2/c1-4-6-10(2)7-5-8(12)11(3)9(10)13/h4H,1,5-7H2,2-3H3/t10-/m1/s1. The van der Waals surface area contributed by atoms with E-state index in [1.807, 2.05) is 6.92 Å². The first kappa shape index (κ1) is 9.96. The van der Waals surface area contributed by atoms with Gasteiger partial charge in [0.2, 0.25) is 11.8 Å². The summed E-state index contributed by atoms with van der Waals surface area (Å²) in [6.07, 6.45) is 3.48. The molecule has 0 unspecified atom stereocenters. The van der Waals surface area contributed by atoms with Crippen LogP contribution in [0.1, 0.15) is 26.2 Å². The smallest absolute Gasteiger partial charge is 0.235 e. The number of carbonyl (C=O) groups excluding carboxylic acids is 2. The molecule has 2 amide bonds. The molecule has 0 saturated carbocycles. The van der Waals surface area contributed by atoms with Gasteiger partial charge in [0.15, 0.2) is 0 Å². The number of piperidine rings is 1. The number of likely N-dealkylation sites (tertiary alicyclic amines) is 1. The third-order valence-electron chi connectivity index (χ3n) is 2.68. The highest BCUT2D eigenvalue weighted by Gasteiger charge is 2.40. The van der Waals surface area contributed by atoms with Crippen molar-refractivity contribution in [3.05, 3.63) is 12.7 Å². The Morgan fingerprint density at radius 2 is 2.23 bits per heavy atom. The molecule has 0 spiro atoms. The number of hydrogen-bond acceptors (Lipinski definition) is 2. The topological polar surface area (TPSA) is 37.4 Å². The second kappa shape index (κ2) is 3.32. The summed E-state index contributed by atoms with van der Waals surface area (Å²) in [7, 11) is 1.55. The minimum Gasteiger partial charge on any atom is -0.285 e. The highest BCUT2D eigenvalue weighted by molar-refractivity contribution is 6.00. The van der Waals surface area contributed by atoms with Gasteiger partial charge in [-0.15, -0.1) is 6.58 Å². The van der Waals surface area contributed by atoms with Crippen LogP contribution in [-0.4, -0.2) is 23.8 Å². The third-order valence-corrected chi connectivity index (χ3v) is 2.68. The lowest BCUT2D eigenvalue weighted by Gasteiger charge is -2.35. The maximum Gasteiger partial charge on any atom is 0.235 e. The fraction of sp³-hybridized carbons (Fsp3) is 0.600. The van der Waals surface area contributed by atoms with E-state index in [2.05, 4.69) is 6.58 Å². The van der Waals surface area contributed by atoms with E-state index in [1.54, 1.807) is 13.1 Å². The average Bonchev–Trinajstić information content (AvgIpc) is 2.10. The van der Waals surface area contributed by atoms with E-state index in [-0.39, 0.29) is 11.8 Å². The highest BCUT2D eigenvalue weighted by atomic mass is 16.2. The number of carbonyl (C=O) groups is 2. The molecule has 0 aromatic heterocycles. The molecule has 0 aliphatic carbocycles. The van der Waals surface area contributed by atoms with Crippen molar-refractivity contribution >= 4 is 11.8 Å². The van der Waals surface area contributed by atoms with Crippen molar-refractivity contribution in [3.63, 3.8) is 0 Å². The van der Waals surface area contributed by atoms with E-state index in [1.165, 1.54) is 4.90 Å². The lowest BCUT2D eigenvalue weighted by molar-refractivity contribution is -0.154. The van der Waals surface area contributed by atoms with E-state index in [4.69, 9.17) is 0 Å². The van der Waals surface area contributed by atoms with Gasteiger partial charge in [0.1, 0.15) is 0 Å². The number of allylic oxidation sites excluding steroid dienone is 1. The average molecular weight is 181 g/mol. The zero-order chi connectivity index (χ0) is 10.1. The number of amides is 2. The predicted molar refractivity (Wildman–Crippen MR) is 49.9 cm³/mol. The predicted octanol–water partition coefficient (Wildman–Crippen LogP) is 1.35. The Morgan fingerprint density at radius 1 is 1.62 bits per heavy atom. The summed E-state index contributed by atoms with van der Waals surface area (Å²) in [5.41, 5.74) is -0.412. The quantitative estimate of drug-likeness (QED) is 0.476. The Morgan fingerprint density at radius 3 is 2.77 bits per heavy atom. The zero-order valence-electron chi connectivity index (χ0n) is 8.17. The fourth-order valence-electron chi connectivity index (χ4n) is 1.68. The van der Waals surface area contributed by atoms with Gasteiger partial charge in [-0.3, -0.25) is 14.5 Å². The first-order chi connectivity index (χ1) is 6.01. The van der Waals surface area contributed by atoms with Crippen molar-refractivity contribution in [2.75, 3.05) is 7.05 Å². The molecule has 0 aromatic rings. The van der Waals surface area contributed by atoms with Crippen LogP contribution in [0.2, 0.25) is 0 Å². The summed E-state index contributed by atoms with van der Waals surface area (Å²) in [6.45, 7) is 5.51. The largest absolute Gasteiger partial charge is 0.285 e. The SMILES string of the molecule is C=CC[C@]1(C)CCC(=O)N(C)C1=O. The molecule has 72 valence electrons. The molecular weight excluding hydrogens is 166 g/mol. The minimum atomic E-state index is -0.412. The second-order valence-corrected chi connectivity index (χ2v) is 3.81. The first-order valence-corrected chi connectivity index (χ1v) is 4.43. The zero-order valence-corrected chi connectivity index (χ0v) is 8.17.